The Hall–Kier alpha value is -1.47. The minimum atomic E-state index is -5.19. The summed E-state index contributed by atoms with van der Waals surface area (Å²) in [7, 11) is -9.88. The molecule has 1 heterocycles. The van der Waals surface area contributed by atoms with Gasteiger partial charge in [0, 0.05) is 11.1 Å². The van der Waals surface area contributed by atoms with Gasteiger partial charge >= 0.3 is 59.1 Å². The van der Waals surface area contributed by atoms with Gasteiger partial charge in [-0.3, -0.25) is 4.55 Å². The number of azo groups is 1. The first-order valence-electron chi connectivity index (χ1n) is 9.41. The number of hydrogen-bond donors (Lipinski definition) is 3. The fourth-order valence-corrected chi connectivity index (χ4v) is 4.72. The van der Waals surface area contributed by atoms with E-state index in [1.54, 1.807) is 0 Å². The first-order valence-corrected chi connectivity index (χ1v) is 13.0. The van der Waals surface area contributed by atoms with Crippen LogP contribution >= 0.6 is 23.2 Å². The van der Waals surface area contributed by atoms with Crippen LogP contribution in [0.4, 0.5) is 23.0 Å². The number of aromatic hydroxyl groups is 1. The predicted molar refractivity (Wildman–Crippen MR) is 127 cm³/mol. The van der Waals surface area contributed by atoms with Crippen molar-refractivity contribution in [2.75, 3.05) is 5.32 Å². The Kier molecular flexibility index (Phi) is 11.0. The second-order valence-corrected chi connectivity index (χ2v) is 10.3. The molecule has 0 unspecified atom stereocenters. The number of hydrogen-bond acceptors (Lipinski definition) is 12. The summed E-state index contributed by atoms with van der Waals surface area (Å²) in [5.74, 6) is -0.740. The Morgan fingerprint density at radius 2 is 1.50 bits per heavy atom. The summed E-state index contributed by atoms with van der Waals surface area (Å²) in [5.41, 5.74) is -0.770. The topological polar surface area (TPSA) is 207 Å². The molecule has 4 aromatic rings. The summed E-state index contributed by atoms with van der Waals surface area (Å²) >= 11 is 11.5. The quantitative estimate of drug-likeness (QED) is 0.127. The third kappa shape index (κ3) is 7.59. The number of fused-ring (bicyclic) bond motifs is 1. The molecule has 0 aliphatic rings. The number of anilines is 2. The molecule has 4 rings (SSSR count). The maximum atomic E-state index is 12.0. The van der Waals surface area contributed by atoms with Crippen LogP contribution in [0.3, 0.4) is 0 Å². The summed E-state index contributed by atoms with van der Waals surface area (Å²) in [6.45, 7) is 0. The maximum absolute atomic E-state index is 12.0. The van der Waals surface area contributed by atoms with Crippen molar-refractivity contribution in [3.05, 3.63) is 59.1 Å². The van der Waals surface area contributed by atoms with Crippen LogP contribution in [-0.2, 0) is 20.2 Å². The molecule has 0 radical (unpaired) electrons. The van der Waals surface area contributed by atoms with Crippen molar-refractivity contribution in [1.29, 1.82) is 0 Å². The normalized spacial score (nSPS) is 11.7. The number of phenols is 1. The van der Waals surface area contributed by atoms with Crippen molar-refractivity contribution in [2.24, 2.45) is 10.2 Å². The molecule has 0 bridgehead atoms. The van der Waals surface area contributed by atoms with E-state index in [1.807, 2.05) is 0 Å². The van der Waals surface area contributed by atoms with Crippen LogP contribution in [0.5, 0.6) is 5.75 Å². The van der Waals surface area contributed by atoms with Gasteiger partial charge in [-0.05, 0) is 65.0 Å². The Morgan fingerprint density at radius 3 is 2.11 bits per heavy atom. The Labute approximate surface area is 269 Å². The maximum Gasteiger partial charge on any atom is 1.00 e. The molecule has 0 saturated heterocycles. The van der Waals surface area contributed by atoms with Crippen molar-refractivity contribution < 1.29 is 90.2 Å². The van der Waals surface area contributed by atoms with Crippen LogP contribution in [0.2, 0.25) is 10.6 Å². The average molecular weight is 616 g/mol. The second kappa shape index (κ2) is 12.8. The molecular formula is C19H11Cl2N6Na2O7S2+. The number of halogens is 2. The molecule has 0 aliphatic carbocycles. The van der Waals surface area contributed by atoms with Crippen LogP contribution in [0.1, 0.15) is 0 Å². The van der Waals surface area contributed by atoms with E-state index in [0.717, 1.165) is 12.1 Å². The SMILES string of the molecule is O=S(=O)([O-])c1cc2cc(Nc3nc(Cl)nc(Cl)n3)ccc2c(O)c1N=Nc1ccccc1S(=O)(=O)O.[Na+].[Na+]. The minimum Gasteiger partial charge on any atom is -0.744 e. The van der Waals surface area contributed by atoms with Crippen molar-refractivity contribution in [2.45, 2.75) is 9.79 Å². The Bertz CT molecular complexity index is 1760. The molecule has 0 aliphatic heterocycles. The first kappa shape index (κ1) is 32.7. The molecule has 3 N–H and O–H groups in total. The van der Waals surface area contributed by atoms with Crippen molar-refractivity contribution in [3.63, 3.8) is 0 Å². The van der Waals surface area contributed by atoms with Crippen molar-refractivity contribution in [1.82, 2.24) is 15.0 Å². The molecule has 0 spiro atoms. The number of nitrogens with zero attached hydrogens (tertiary/aromatic N) is 5. The summed E-state index contributed by atoms with van der Waals surface area (Å²) < 4.78 is 68.4. The van der Waals surface area contributed by atoms with Gasteiger partial charge in [0.15, 0.2) is 5.75 Å². The zero-order chi connectivity index (χ0) is 26.3. The Morgan fingerprint density at radius 1 is 0.868 bits per heavy atom. The molecular weight excluding hydrogens is 605 g/mol. The van der Waals surface area contributed by atoms with Gasteiger partial charge in [0.2, 0.25) is 16.5 Å². The number of benzene rings is 3. The molecule has 38 heavy (non-hydrogen) atoms. The first-order chi connectivity index (χ1) is 16.8. The van der Waals surface area contributed by atoms with Crippen molar-refractivity contribution >= 4 is 77.2 Å². The number of aromatic nitrogens is 3. The standard InChI is InChI=1S/C19H12Cl2N6O7S2.2Na/c20-17-23-18(21)25-19(24-17)22-10-5-6-11-9(7-10)8-14(36(32,33)34)15(16(11)28)27-26-12-3-1-2-4-13(12)35(29,30)31;;/h1-8,28H,(H,29,30,31)(H,32,33,34)(H,22,23,24,25);;/q;2*+1/p-1. The number of rotatable bonds is 6. The minimum absolute atomic E-state index is 0. The molecule has 0 atom stereocenters. The fourth-order valence-electron chi connectivity index (χ4n) is 3.09. The van der Waals surface area contributed by atoms with Crippen LogP contribution in [0.25, 0.3) is 10.8 Å². The molecule has 13 nitrogen and oxygen atoms in total. The van der Waals surface area contributed by atoms with E-state index in [0.29, 0.717) is 5.69 Å². The summed E-state index contributed by atoms with van der Waals surface area (Å²) in [4.78, 5) is 9.75. The average Bonchev–Trinajstić information content (AvgIpc) is 2.76. The van der Waals surface area contributed by atoms with E-state index in [9.17, 15) is 31.0 Å². The zero-order valence-electron chi connectivity index (χ0n) is 19.4. The number of phenolic OH excluding ortho intramolecular Hbond substituents is 1. The predicted octanol–water partition coefficient (Wildman–Crippen LogP) is -1.64. The molecule has 3 aromatic carbocycles. The zero-order valence-corrected chi connectivity index (χ0v) is 26.5. The van der Waals surface area contributed by atoms with Gasteiger partial charge in [-0.15, -0.1) is 10.2 Å². The monoisotopic (exact) mass is 615 g/mol. The van der Waals surface area contributed by atoms with E-state index >= 15 is 0 Å². The smallest absolute Gasteiger partial charge is 0.744 e. The molecule has 0 amide bonds. The second-order valence-electron chi connectivity index (χ2n) is 6.93. The summed E-state index contributed by atoms with van der Waals surface area (Å²) in [5, 5.41) is 20.6. The third-order valence-electron chi connectivity index (χ3n) is 4.56. The third-order valence-corrected chi connectivity index (χ3v) is 6.65. The fraction of sp³-hybridized carbons (Fsp3) is 0. The van der Waals surface area contributed by atoms with Gasteiger partial charge in [-0.1, -0.05) is 12.1 Å². The van der Waals surface area contributed by atoms with Gasteiger partial charge in [-0.25, -0.2) is 8.42 Å². The van der Waals surface area contributed by atoms with Gasteiger partial charge in [0.1, 0.15) is 26.4 Å². The van der Waals surface area contributed by atoms with Gasteiger partial charge in [0.25, 0.3) is 10.1 Å². The van der Waals surface area contributed by atoms with E-state index < -0.39 is 41.5 Å². The van der Waals surface area contributed by atoms with E-state index in [4.69, 9.17) is 23.2 Å². The van der Waals surface area contributed by atoms with Gasteiger partial charge in [-0.2, -0.15) is 23.4 Å². The van der Waals surface area contributed by atoms with Crippen molar-refractivity contribution in [3.8, 4) is 5.75 Å². The largest absolute Gasteiger partial charge is 1.00 e. The molecule has 19 heteroatoms. The van der Waals surface area contributed by atoms with Crippen LogP contribution in [0.15, 0.2) is 68.6 Å². The van der Waals surface area contributed by atoms with Crippen LogP contribution < -0.4 is 64.4 Å². The molecule has 0 saturated carbocycles. The van der Waals surface area contributed by atoms with E-state index in [1.165, 1.54) is 36.4 Å². The molecule has 186 valence electrons. The summed E-state index contributed by atoms with van der Waals surface area (Å²) in [6, 6.07) is 10.1. The number of nitrogens with one attached hydrogen (secondary N) is 1. The molecule has 0 fully saturated rings. The van der Waals surface area contributed by atoms with E-state index in [2.05, 4.69) is 30.5 Å². The van der Waals surface area contributed by atoms with Gasteiger partial charge < -0.3 is 15.0 Å². The summed E-state index contributed by atoms with van der Waals surface area (Å²) in [6.07, 6.45) is 0. The van der Waals surface area contributed by atoms with E-state index in [-0.39, 0.29) is 92.1 Å². The molecule has 1 aromatic heterocycles. The van der Waals surface area contributed by atoms with Gasteiger partial charge in [0.05, 0.1) is 4.90 Å². The van der Waals surface area contributed by atoms with Crippen LogP contribution in [-0.4, -0.2) is 46.0 Å². The Balaban J connectivity index is 0.00000253. The van der Waals surface area contributed by atoms with Crippen LogP contribution in [0, 0.1) is 0 Å².